The van der Waals surface area contributed by atoms with Crippen molar-refractivity contribution >= 4 is 27.5 Å². The molecule has 0 saturated carbocycles. The van der Waals surface area contributed by atoms with Gasteiger partial charge in [-0.15, -0.1) is 0 Å². The summed E-state index contributed by atoms with van der Waals surface area (Å²) in [6.45, 7) is 6.71. The minimum absolute atomic E-state index is 0.0310. The third-order valence-electron chi connectivity index (χ3n) is 3.72. The van der Waals surface area contributed by atoms with Crippen molar-refractivity contribution in [2.75, 3.05) is 31.5 Å². The molecular weight excluding hydrogens is 344 g/mol. The maximum absolute atomic E-state index is 13.7. The molecule has 1 aliphatic rings. The van der Waals surface area contributed by atoms with E-state index in [0.717, 1.165) is 32.2 Å². The van der Waals surface area contributed by atoms with Gasteiger partial charge in [-0.3, -0.25) is 9.69 Å². The summed E-state index contributed by atoms with van der Waals surface area (Å²) < 4.78 is 27.0. The lowest BCUT2D eigenvalue weighted by atomic mass is 10.0. The second-order valence-corrected chi connectivity index (χ2v) is 6.35. The lowest BCUT2D eigenvalue weighted by molar-refractivity contribution is -0.126. The summed E-state index contributed by atoms with van der Waals surface area (Å²) in [5.41, 5.74) is -0.799. The number of anilines is 1. The molecule has 1 heterocycles. The molecule has 1 saturated heterocycles. The van der Waals surface area contributed by atoms with Crippen LogP contribution in [0.15, 0.2) is 16.6 Å². The van der Waals surface area contributed by atoms with Crippen LogP contribution in [0.3, 0.4) is 0 Å². The number of hydrogen-bond acceptors (Lipinski definition) is 3. The van der Waals surface area contributed by atoms with E-state index in [-0.39, 0.29) is 16.1 Å². The van der Waals surface area contributed by atoms with Gasteiger partial charge in [-0.25, -0.2) is 8.78 Å². The number of amides is 1. The molecule has 1 aliphatic heterocycles. The molecule has 1 fully saturated rings. The summed E-state index contributed by atoms with van der Waals surface area (Å²) in [5, 5.41) is 5.76. The van der Waals surface area contributed by atoms with Gasteiger partial charge >= 0.3 is 0 Å². The lowest BCUT2D eigenvalue weighted by Gasteiger charge is -2.39. The number of halogens is 3. The molecule has 0 bridgehead atoms. The molecule has 7 heteroatoms. The zero-order valence-electron chi connectivity index (χ0n) is 12.0. The van der Waals surface area contributed by atoms with E-state index in [9.17, 15) is 13.6 Å². The standard InChI is InChI=1S/C14H18BrF2N3O/c1-14(2,20-5-3-18-4-6-20)13(21)19-12-7-9(15)10(16)8-11(12)17/h7-8,18H,3-6H2,1-2H3,(H,19,21). The van der Waals surface area contributed by atoms with Crippen LogP contribution in [0.2, 0.25) is 0 Å². The van der Waals surface area contributed by atoms with Gasteiger partial charge in [-0.05, 0) is 35.8 Å². The molecule has 0 radical (unpaired) electrons. The van der Waals surface area contributed by atoms with E-state index in [4.69, 9.17) is 0 Å². The Hall–Kier alpha value is -1.05. The van der Waals surface area contributed by atoms with Crippen LogP contribution < -0.4 is 10.6 Å². The SMILES string of the molecule is CC(C)(C(=O)Nc1cc(Br)c(F)cc1F)N1CCNCC1. The fraction of sp³-hybridized carbons (Fsp3) is 0.500. The molecule has 1 aromatic rings. The number of piperazine rings is 1. The maximum Gasteiger partial charge on any atom is 0.244 e. The highest BCUT2D eigenvalue weighted by atomic mass is 79.9. The summed E-state index contributed by atoms with van der Waals surface area (Å²) in [7, 11) is 0. The van der Waals surface area contributed by atoms with Crippen molar-refractivity contribution < 1.29 is 13.6 Å². The second-order valence-electron chi connectivity index (χ2n) is 5.50. The predicted octanol–water partition coefficient (Wildman–Crippen LogP) is 2.35. The van der Waals surface area contributed by atoms with Gasteiger partial charge in [0, 0.05) is 32.2 Å². The Bertz CT molecular complexity index is 545. The first-order chi connectivity index (χ1) is 9.82. The van der Waals surface area contributed by atoms with Gasteiger partial charge in [-0.1, -0.05) is 0 Å². The quantitative estimate of drug-likeness (QED) is 0.812. The summed E-state index contributed by atoms with van der Waals surface area (Å²) in [4.78, 5) is 14.5. The van der Waals surface area contributed by atoms with Gasteiger partial charge in [0.1, 0.15) is 11.6 Å². The van der Waals surface area contributed by atoms with Crippen molar-refractivity contribution in [3.8, 4) is 0 Å². The number of carbonyl (C=O) groups excluding carboxylic acids is 1. The Kier molecular flexibility index (Phi) is 4.95. The van der Waals surface area contributed by atoms with E-state index in [1.807, 2.05) is 4.90 Å². The molecule has 2 N–H and O–H groups in total. The van der Waals surface area contributed by atoms with Crippen molar-refractivity contribution in [3.63, 3.8) is 0 Å². The summed E-state index contributed by atoms with van der Waals surface area (Å²) in [5.74, 6) is -1.81. The van der Waals surface area contributed by atoms with Gasteiger partial charge < -0.3 is 10.6 Å². The van der Waals surface area contributed by atoms with Gasteiger partial charge in [0.2, 0.25) is 5.91 Å². The van der Waals surface area contributed by atoms with E-state index in [0.29, 0.717) is 0 Å². The lowest BCUT2D eigenvalue weighted by Crippen LogP contribution is -2.58. The van der Waals surface area contributed by atoms with E-state index in [2.05, 4.69) is 26.6 Å². The van der Waals surface area contributed by atoms with Crippen LogP contribution in [0.1, 0.15) is 13.8 Å². The normalized spacial score (nSPS) is 16.8. The highest BCUT2D eigenvalue weighted by Crippen LogP contribution is 2.25. The van der Waals surface area contributed by atoms with Crippen molar-refractivity contribution in [2.24, 2.45) is 0 Å². The van der Waals surface area contributed by atoms with Crippen LogP contribution >= 0.6 is 15.9 Å². The van der Waals surface area contributed by atoms with Crippen molar-refractivity contribution in [2.45, 2.75) is 19.4 Å². The van der Waals surface area contributed by atoms with Crippen molar-refractivity contribution in [1.29, 1.82) is 0 Å². The molecule has 0 aliphatic carbocycles. The molecule has 1 amide bonds. The Labute approximate surface area is 131 Å². The fourth-order valence-electron chi connectivity index (χ4n) is 2.26. The van der Waals surface area contributed by atoms with Gasteiger partial charge in [0.25, 0.3) is 0 Å². The average Bonchev–Trinajstić information content (AvgIpc) is 2.45. The Morgan fingerprint density at radius 1 is 1.29 bits per heavy atom. The van der Waals surface area contributed by atoms with E-state index < -0.39 is 17.2 Å². The van der Waals surface area contributed by atoms with Crippen LogP contribution in [-0.2, 0) is 4.79 Å². The van der Waals surface area contributed by atoms with E-state index in [1.165, 1.54) is 6.07 Å². The minimum Gasteiger partial charge on any atom is -0.322 e. The van der Waals surface area contributed by atoms with Crippen LogP contribution in [0.5, 0.6) is 0 Å². The minimum atomic E-state index is -0.792. The largest absolute Gasteiger partial charge is 0.322 e. The topological polar surface area (TPSA) is 44.4 Å². The first kappa shape index (κ1) is 16.3. The molecule has 0 spiro atoms. The molecule has 4 nitrogen and oxygen atoms in total. The molecule has 0 aromatic heterocycles. The molecule has 2 rings (SSSR count). The van der Waals surface area contributed by atoms with Crippen LogP contribution in [0.25, 0.3) is 0 Å². The highest BCUT2D eigenvalue weighted by Gasteiger charge is 2.35. The monoisotopic (exact) mass is 361 g/mol. The Morgan fingerprint density at radius 3 is 2.52 bits per heavy atom. The van der Waals surface area contributed by atoms with E-state index >= 15 is 0 Å². The number of nitrogens with one attached hydrogen (secondary N) is 2. The highest BCUT2D eigenvalue weighted by molar-refractivity contribution is 9.10. The first-order valence-electron chi connectivity index (χ1n) is 6.74. The summed E-state index contributed by atoms with van der Waals surface area (Å²) in [6, 6.07) is 1.98. The number of rotatable bonds is 3. The maximum atomic E-state index is 13.7. The van der Waals surface area contributed by atoms with Crippen molar-refractivity contribution in [3.05, 3.63) is 28.2 Å². The van der Waals surface area contributed by atoms with Gasteiger partial charge in [0.15, 0.2) is 0 Å². The van der Waals surface area contributed by atoms with E-state index in [1.54, 1.807) is 13.8 Å². The fourth-order valence-corrected chi connectivity index (χ4v) is 2.60. The van der Waals surface area contributed by atoms with Gasteiger partial charge in [-0.2, -0.15) is 0 Å². The smallest absolute Gasteiger partial charge is 0.244 e. The predicted molar refractivity (Wildman–Crippen MR) is 81.2 cm³/mol. The molecule has 1 aromatic carbocycles. The number of benzene rings is 1. The van der Waals surface area contributed by atoms with Crippen LogP contribution in [0.4, 0.5) is 14.5 Å². The average molecular weight is 362 g/mol. The zero-order chi connectivity index (χ0) is 15.6. The number of nitrogens with zero attached hydrogens (tertiary/aromatic N) is 1. The molecule has 0 atom stereocenters. The van der Waals surface area contributed by atoms with Crippen LogP contribution in [-0.4, -0.2) is 42.5 Å². The zero-order valence-corrected chi connectivity index (χ0v) is 13.6. The molecule has 116 valence electrons. The summed E-state index contributed by atoms with van der Waals surface area (Å²) >= 11 is 2.99. The molecule has 21 heavy (non-hydrogen) atoms. The third-order valence-corrected chi connectivity index (χ3v) is 4.33. The Balaban J connectivity index is 2.15. The third kappa shape index (κ3) is 3.59. The van der Waals surface area contributed by atoms with Gasteiger partial charge in [0.05, 0.1) is 15.7 Å². The molecule has 0 unspecified atom stereocenters. The number of carbonyl (C=O) groups is 1. The number of hydrogen-bond donors (Lipinski definition) is 2. The van der Waals surface area contributed by atoms with Crippen molar-refractivity contribution in [1.82, 2.24) is 10.2 Å². The summed E-state index contributed by atoms with van der Waals surface area (Å²) in [6.07, 6.45) is 0. The first-order valence-corrected chi connectivity index (χ1v) is 7.53. The Morgan fingerprint density at radius 2 is 1.90 bits per heavy atom. The van der Waals surface area contributed by atoms with Crippen LogP contribution in [0, 0.1) is 11.6 Å². The second kappa shape index (κ2) is 6.37. The molecular formula is C14H18BrF2N3O.